The molecule has 4 heteroatoms. The van der Waals surface area contributed by atoms with E-state index in [9.17, 15) is 0 Å². The number of nitrogens with zero attached hydrogens (tertiary/aromatic N) is 3. The molecule has 12 heavy (non-hydrogen) atoms. The van der Waals surface area contributed by atoms with Crippen LogP contribution in [-0.4, -0.2) is 28.7 Å². The highest BCUT2D eigenvalue weighted by molar-refractivity contribution is 5.02. The van der Waals surface area contributed by atoms with Crippen molar-refractivity contribution in [2.45, 2.75) is 12.5 Å². The summed E-state index contributed by atoms with van der Waals surface area (Å²) in [4.78, 5) is 13.5. The zero-order valence-corrected chi connectivity index (χ0v) is 6.97. The van der Waals surface area contributed by atoms with Gasteiger partial charge in [0.25, 0.3) is 0 Å². The van der Waals surface area contributed by atoms with E-state index >= 15 is 0 Å². The summed E-state index contributed by atoms with van der Waals surface area (Å²) in [6.07, 6.45) is 6.17. The molecule has 1 saturated heterocycles. The summed E-state index contributed by atoms with van der Waals surface area (Å²) in [7, 11) is 1.92. The monoisotopic (exact) mass is 165 g/mol. The second kappa shape index (κ2) is 3.16. The Labute approximate surface area is 71.2 Å². The molecule has 1 aliphatic rings. The molecule has 2 heterocycles. The van der Waals surface area contributed by atoms with E-state index in [1.54, 1.807) is 18.6 Å². The van der Waals surface area contributed by atoms with Gasteiger partial charge in [0.2, 0.25) is 0 Å². The SMILES string of the molecule is CN1OCC[C@H]1c1cnccn1. The van der Waals surface area contributed by atoms with Crippen LogP contribution in [0, 0.1) is 0 Å². The molecule has 1 atom stereocenters. The Morgan fingerprint density at radius 2 is 2.50 bits per heavy atom. The van der Waals surface area contributed by atoms with Gasteiger partial charge in [-0.2, -0.15) is 5.06 Å². The van der Waals surface area contributed by atoms with Gasteiger partial charge in [-0.1, -0.05) is 0 Å². The van der Waals surface area contributed by atoms with E-state index in [0.717, 1.165) is 18.7 Å². The minimum atomic E-state index is 0.277. The smallest absolute Gasteiger partial charge is 0.0808 e. The van der Waals surface area contributed by atoms with Crippen molar-refractivity contribution in [3.63, 3.8) is 0 Å². The van der Waals surface area contributed by atoms with Gasteiger partial charge < -0.3 is 0 Å². The van der Waals surface area contributed by atoms with Crippen LogP contribution in [0.2, 0.25) is 0 Å². The Hall–Kier alpha value is -1.00. The second-order valence-corrected chi connectivity index (χ2v) is 2.81. The molecule has 0 saturated carbocycles. The van der Waals surface area contributed by atoms with Crippen LogP contribution in [0.4, 0.5) is 0 Å². The van der Waals surface area contributed by atoms with Crippen molar-refractivity contribution in [2.75, 3.05) is 13.7 Å². The first kappa shape index (κ1) is 7.64. The minimum Gasteiger partial charge on any atom is -0.299 e. The zero-order chi connectivity index (χ0) is 8.39. The highest BCUT2D eigenvalue weighted by Gasteiger charge is 2.24. The van der Waals surface area contributed by atoms with Crippen LogP contribution in [0.25, 0.3) is 0 Å². The Bertz CT molecular complexity index is 252. The minimum absolute atomic E-state index is 0.277. The maximum Gasteiger partial charge on any atom is 0.0808 e. The average Bonchev–Trinajstić information content (AvgIpc) is 2.53. The summed E-state index contributed by atoms with van der Waals surface area (Å²) in [5.74, 6) is 0. The van der Waals surface area contributed by atoms with Crippen LogP contribution in [-0.2, 0) is 4.84 Å². The molecule has 0 radical (unpaired) electrons. The third kappa shape index (κ3) is 1.31. The van der Waals surface area contributed by atoms with Crippen molar-refractivity contribution in [3.05, 3.63) is 24.3 Å². The number of rotatable bonds is 1. The molecule has 0 bridgehead atoms. The van der Waals surface area contributed by atoms with Gasteiger partial charge in [-0.3, -0.25) is 14.8 Å². The van der Waals surface area contributed by atoms with Crippen molar-refractivity contribution in [1.82, 2.24) is 15.0 Å². The van der Waals surface area contributed by atoms with Gasteiger partial charge in [-0.15, -0.1) is 0 Å². The molecule has 0 spiro atoms. The van der Waals surface area contributed by atoms with Gasteiger partial charge in [0.1, 0.15) is 0 Å². The Morgan fingerprint density at radius 3 is 3.08 bits per heavy atom. The van der Waals surface area contributed by atoms with Crippen molar-refractivity contribution in [3.8, 4) is 0 Å². The maximum atomic E-state index is 5.29. The Morgan fingerprint density at radius 1 is 1.58 bits per heavy atom. The molecule has 0 aliphatic carbocycles. The van der Waals surface area contributed by atoms with Gasteiger partial charge in [0, 0.05) is 19.4 Å². The van der Waals surface area contributed by atoms with Gasteiger partial charge in [-0.05, 0) is 6.42 Å². The van der Waals surface area contributed by atoms with E-state index in [4.69, 9.17) is 4.84 Å². The molecular weight excluding hydrogens is 154 g/mol. The fourth-order valence-electron chi connectivity index (χ4n) is 1.40. The Kier molecular flexibility index (Phi) is 2.01. The second-order valence-electron chi connectivity index (χ2n) is 2.81. The number of hydroxylamine groups is 2. The molecule has 0 amide bonds. The molecule has 1 fully saturated rings. The van der Waals surface area contributed by atoms with Crippen LogP contribution in [0.1, 0.15) is 18.2 Å². The summed E-state index contributed by atoms with van der Waals surface area (Å²) >= 11 is 0. The molecule has 0 N–H and O–H groups in total. The highest BCUT2D eigenvalue weighted by atomic mass is 16.7. The topological polar surface area (TPSA) is 38.2 Å². The number of hydrogen-bond acceptors (Lipinski definition) is 4. The molecule has 1 aliphatic heterocycles. The van der Waals surface area contributed by atoms with Crippen LogP contribution >= 0.6 is 0 Å². The first-order valence-electron chi connectivity index (χ1n) is 3.99. The fourth-order valence-corrected chi connectivity index (χ4v) is 1.40. The van der Waals surface area contributed by atoms with E-state index in [1.165, 1.54) is 0 Å². The quantitative estimate of drug-likeness (QED) is 0.616. The molecule has 0 unspecified atom stereocenters. The molecule has 64 valence electrons. The molecular formula is C8H11N3O. The van der Waals surface area contributed by atoms with Gasteiger partial charge in [-0.25, -0.2) is 0 Å². The fraction of sp³-hybridized carbons (Fsp3) is 0.500. The van der Waals surface area contributed by atoms with E-state index in [-0.39, 0.29) is 6.04 Å². The third-order valence-electron chi connectivity index (χ3n) is 2.05. The molecule has 0 aromatic carbocycles. The summed E-state index contributed by atoms with van der Waals surface area (Å²) in [5, 5.41) is 1.84. The predicted octanol–water partition coefficient (Wildman–Crippen LogP) is 0.785. The van der Waals surface area contributed by atoms with E-state index in [0.29, 0.717) is 0 Å². The molecule has 1 aromatic heterocycles. The summed E-state index contributed by atoms with van der Waals surface area (Å²) in [6.45, 7) is 0.776. The van der Waals surface area contributed by atoms with Crippen molar-refractivity contribution in [1.29, 1.82) is 0 Å². The molecule has 2 rings (SSSR count). The lowest BCUT2D eigenvalue weighted by Crippen LogP contribution is -2.17. The van der Waals surface area contributed by atoms with Gasteiger partial charge in [0.15, 0.2) is 0 Å². The lowest BCUT2D eigenvalue weighted by molar-refractivity contribution is -0.111. The van der Waals surface area contributed by atoms with E-state index in [2.05, 4.69) is 9.97 Å². The van der Waals surface area contributed by atoms with E-state index in [1.807, 2.05) is 12.1 Å². The maximum absolute atomic E-state index is 5.29. The Balaban J connectivity index is 2.19. The first-order valence-corrected chi connectivity index (χ1v) is 3.99. The first-order chi connectivity index (χ1) is 5.88. The normalized spacial score (nSPS) is 24.6. The number of aromatic nitrogens is 2. The molecule has 4 nitrogen and oxygen atoms in total. The third-order valence-corrected chi connectivity index (χ3v) is 2.05. The highest BCUT2D eigenvalue weighted by Crippen LogP contribution is 2.25. The predicted molar refractivity (Wildman–Crippen MR) is 43.1 cm³/mol. The van der Waals surface area contributed by atoms with Crippen LogP contribution in [0.15, 0.2) is 18.6 Å². The summed E-state index contributed by atoms with van der Waals surface area (Å²) < 4.78 is 0. The van der Waals surface area contributed by atoms with Crippen molar-refractivity contribution in [2.24, 2.45) is 0 Å². The van der Waals surface area contributed by atoms with Gasteiger partial charge >= 0.3 is 0 Å². The molecule has 1 aromatic rings. The summed E-state index contributed by atoms with van der Waals surface area (Å²) in [5.41, 5.74) is 0.984. The zero-order valence-electron chi connectivity index (χ0n) is 6.97. The average molecular weight is 165 g/mol. The van der Waals surface area contributed by atoms with Gasteiger partial charge in [0.05, 0.1) is 24.5 Å². The largest absolute Gasteiger partial charge is 0.299 e. The van der Waals surface area contributed by atoms with Crippen molar-refractivity contribution >= 4 is 0 Å². The van der Waals surface area contributed by atoms with Crippen molar-refractivity contribution < 1.29 is 4.84 Å². The summed E-state index contributed by atoms with van der Waals surface area (Å²) in [6, 6.07) is 0.277. The van der Waals surface area contributed by atoms with Crippen LogP contribution in [0.3, 0.4) is 0 Å². The van der Waals surface area contributed by atoms with Crippen LogP contribution in [0.5, 0.6) is 0 Å². The standard InChI is InChI=1S/C8H11N3O/c1-11-8(2-5-12-11)7-6-9-3-4-10-7/h3-4,6,8H,2,5H2,1H3/t8-/m0/s1. The number of hydrogen-bond donors (Lipinski definition) is 0. The lowest BCUT2D eigenvalue weighted by Gasteiger charge is -2.15. The van der Waals surface area contributed by atoms with E-state index < -0.39 is 0 Å². The van der Waals surface area contributed by atoms with Crippen LogP contribution < -0.4 is 0 Å². The lowest BCUT2D eigenvalue weighted by atomic mass is 10.2.